The third kappa shape index (κ3) is 2.53. The second kappa shape index (κ2) is 5.56. The summed E-state index contributed by atoms with van der Waals surface area (Å²) < 4.78 is 0. The lowest BCUT2D eigenvalue weighted by Crippen LogP contribution is -1.99. The van der Waals surface area contributed by atoms with E-state index in [-0.39, 0.29) is 11.5 Å². The van der Waals surface area contributed by atoms with Crippen LogP contribution < -0.4 is 0 Å². The van der Waals surface area contributed by atoms with E-state index < -0.39 is 5.97 Å². The van der Waals surface area contributed by atoms with E-state index in [1.54, 1.807) is 6.07 Å². The smallest absolute Gasteiger partial charge is 0.335 e. The molecule has 4 nitrogen and oxygen atoms in total. The maximum atomic E-state index is 11.0. The van der Waals surface area contributed by atoms with E-state index in [0.717, 1.165) is 34.4 Å². The molecule has 120 valence electrons. The van der Waals surface area contributed by atoms with E-state index in [1.165, 1.54) is 6.07 Å². The zero-order valence-corrected chi connectivity index (χ0v) is 13.8. The average molecular weight is 339 g/mol. The number of rotatable bonds is 3. The molecular weight excluding hydrogens is 324 g/mol. The number of aromatic nitrogens is 2. The lowest BCUT2D eigenvalue weighted by atomic mass is 10.0. The van der Waals surface area contributed by atoms with Crippen LogP contribution >= 0.6 is 11.6 Å². The average Bonchev–Trinajstić information content (AvgIpc) is 3.34. The number of aryl methyl sites for hydroxylation is 1. The van der Waals surface area contributed by atoms with Crippen LogP contribution in [0, 0.1) is 6.92 Å². The van der Waals surface area contributed by atoms with Crippen LogP contribution in [-0.2, 0) is 0 Å². The summed E-state index contributed by atoms with van der Waals surface area (Å²) in [6, 6.07) is 13.0. The largest absolute Gasteiger partial charge is 0.478 e. The van der Waals surface area contributed by atoms with Crippen molar-refractivity contribution in [3.8, 4) is 0 Å². The molecule has 0 saturated heterocycles. The van der Waals surface area contributed by atoms with Gasteiger partial charge in [-0.3, -0.25) is 0 Å². The summed E-state index contributed by atoms with van der Waals surface area (Å²) >= 11 is 6.31. The second-order valence-electron chi connectivity index (χ2n) is 6.16. The van der Waals surface area contributed by atoms with Crippen molar-refractivity contribution in [2.75, 3.05) is 0 Å². The van der Waals surface area contributed by atoms with Crippen molar-refractivity contribution < 1.29 is 9.90 Å². The zero-order valence-electron chi connectivity index (χ0n) is 13.0. The molecule has 1 aliphatic rings. The van der Waals surface area contributed by atoms with Gasteiger partial charge in [-0.15, -0.1) is 0 Å². The fourth-order valence-corrected chi connectivity index (χ4v) is 3.63. The Hall–Kier alpha value is -2.46. The molecule has 0 spiro atoms. The molecule has 24 heavy (non-hydrogen) atoms. The fraction of sp³-hybridized carbons (Fsp3) is 0.211. The van der Waals surface area contributed by atoms with Crippen LogP contribution in [0.5, 0.6) is 0 Å². The van der Waals surface area contributed by atoms with Gasteiger partial charge < -0.3 is 5.11 Å². The number of fused-ring (bicyclic) bond motifs is 1. The first-order valence-electron chi connectivity index (χ1n) is 7.80. The minimum absolute atomic E-state index is 0.212. The number of carboxylic acid groups (broad SMARTS) is 1. The molecule has 1 heterocycles. The van der Waals surface area contributed by atoms with Gasteiger partial charge in [-0.2, -0.15) is 0 Å². The van der Waals surface area contributed by atoms with Gasteiger partial charge in [0.25, 0.3) is 0 Å². The fourth-order valence-electron chi connectivity index (χ4n) is 3.31. The van der Waals surface area contributed by atoms with Crippen LogP contribution in [0.2, 0.25) is 5.02 Å². The van der Waals surface area contributed by atoms with Crippen molar-refractivity contribution in [1.29, 1.82) is 0 Å². The summed E-state index contributed by atoms with van der Waals surface area (Å²) in [6.07, 6.45) is 0.965. The molecule has 1 N–H and O–H groups in total. The van der Waals surface area contributed by atoms with Crippen LogP contribution in [0.15, 0.2) is 42.5 Å². The summed E-state index contributed by atoms with van der Waals surface area (Å²) in [4.78, 5) is 20.2. The number of para-hydroxylation sites is 1. The highest BCUT2D eigenvalue weighted by Crippen LogP contribution is 2.56. The maximum Gasteiger partial charge on any atom is 0.335 e. The van der Waals surface area contributed by atoms with E-state index in [1.807, 2.05) is 31.2 Å². The lowest BCUT2D eigenvalue weighted by molar-refractivity contribution is 0.0697. The van der Waals surface area contributed by atoms with Gasteiger partial charge in [0.05, 0.1) is 16.8 Å². The van der Waals surface area contributed by atoms with E-state index in [0.29, 0.717) is 10.9 Å². The molecule has 0 amide bonds. The summed E-state index contributed by atoms with van der Waals surface area (Å²) in [5.41, 5.74) is 3.22. The van der Waals surface area contributed by atoms with Crippen molar-refractivity contribution in [1.82, 2.24) is 9.97 Å². The summed E-state index contributed by atoms with van der Waals surface area (Å²) in [5, 5.41) is 10.6. The van der Waals surface area contributed by atoms with Crippen molar-refractivity contribution in [2.45, 2.75) is 25.2 Å². The SMILES string of the molecule is Cc1nc(C2CC2c2ccc(C(=O)O)cc2Cl)c2ccccc2n1. The second-order valence-corrected chi connectivity index (χ2v) is 6.57. The normalized spacial score (nSPS) is 19.4. The van der Waals surface area contributed by atoms with Gasteiger partial charge in [0.2, 0.25) is 0 Å². The maximum absolute atomic E-state index is 11.0. The van der Waals surface area contributed by atoms with Gasteiger partial charge in [0.1, 0.15) is 5.82 Å². The van der Waals surface area contributed by atoms with Gasteiger partial charge in [0.15, 0.2) is 0 Å². The highest BCUT2D eigenvalue weighted by atomic mass is 35.5. The number of carbonyl (C=O) groups is 1. The minimum Gasteiger partial charge on any atom is -0.478 e. The number of hydrogen-bond donors (Lipinski definition) is 1. The van der Waals surface area contributed by atoms with Crippen molar-refractivity contribution in [3.63, 3.8) is 0 Å². The predicted molar refractivity (Wildman–Crippen MR) is 92.8 cm³/mol. The Morgan fingerprint density at radius 1 is 1.17 bits per heavy atom. The van der Waals surface area contributed by atoms with Crippen molar-refractivity contribution >= 4 is 28.5 Å². The quantitative estimate of drug-likeness (QED) is 0.760. The molecule has 1 aromatic heterocycles. The first kappa shape index (κ1) is 15.1. The Balaban J connectivity index is 1.71. The Kier molecular flexibility index (Phi) is 3.50. The van der Waals surface area contributed by atoms with Crippen molar-refractivity contribution in [2.24, 2.45) is 0 Å². The van der Waals surface area contributed by atoms with Crippen LogP contribution in [0.4, 0.5) is 0 Å². The number of carboxylic acids is 1. The van der Waals surface area contributed by atoms with E-state index in [4.69, 9.17) is 16.7 Å². The molecule has 1 saturated carbocycles. The molecule has 5 heteroatoms. The number of benzene rings is 2. The van der Waals surface area contributed by atoms with Crippen LogP contribution in [0.3, 0.4) is 0 Å². The number of halogens is 1. The van der Waals surface area contributed by atoms with Gasteiger partial charge in [-0.05, 0) is 43.0 Å². The Morgan fingerprint density at radius 2 is 1.96 bits per heavy atom. The molecule has 2 unspecified atom stereocenters. The van der Waals surface area contributed by atoms with E-state index in [2.05, 4.69) is 16.0 Å². The minimum atomic E-state index is -0.965. The molecular formula is C19H15ClN2O2. The summed E-state index contributed by atoms with van der Waals surface area (Å²) in [7, 11) is 0. The van der Waals surface area contributed by atoms with Crippen molar-refractivity contribution in [3.05, 3.63) is 70.1 Å². The zero-order chi connectivity index (χ0) is 16.8. The monoisotopic (exact) mass is 338 g/mol. The van der Waals surface area contributed by atoms with Gasteiger partial charge in [-0.25, -0.2) is 14.8 Å². The standard InChI is InChI=1S/C19H15ClN2O2/c1-10-21-17-5-3-2-4-13(17)18(22-10)15-9-14(15)12-7-6-11(19(23)24)8-16(12)20/h2-8,14-15H,9H2,1H3,(H,23,24). The van der Waals surface area contributed by atoms with Gasteiger partial charge >= 0.3 is 5.97 Å². The number of aromatic carboxylic acids is 1. The number of hydrogen-bond acceptors (Lipinski definition) is 3. The first-order valence-corrected chi connectivity index (χ1v) is 8.18. The molecule has 4 rings (SSSR count). The molecule has 0 bridgehead atoms. The van der Waals surface area contributed by atoms with Crippen LogP contribution in [-0.4, -0.2) is 21.0 Å². The molecule has 2 atom stereocenters. The Bertz CT molecular complexity index is 971. The number of nitrogens with zero attached hydrogens (tertiary/aromatic N) is 2. The highest BCUT2D eigenvalue weighted by molar-refractivity contribution is 6.31. The topological polar surface area (TPSA) is 63.1 Å². The molecule has 3 aromatic rings. The van der Waals surface area contributed by atoms with E-state index >= 15 is 0 Å². The highest BCUT2D eigenvalue weighted by Gasteiger charge is 2.42. The third-order valence-corrected chi connectivity index (χ3v) is 4.86. The van der Waals surface area contributed by atoms with Crippen LogP contribution in [0.25, 0.3) is 10.9 Å². The van der Waals surface area contributed by atoms with Gasteiger partial charge in [-0.1, -0.05) is 35.9 Å². The Morgan fingerprint density at radius 3 is 2.71 bits per heavy atom. The molecule has 0 aliphatic heterocycles. The predicted octanol–water partition coefficient (Wildman–Crippen LogP) is 4.56. The molecule has 0 radical (unpaired) electrons. The lowest BCUT2D eigenvalue weighted by Gasteiger charge is -2.08. The third-order valence-electron chi connectivity index (χ3n) is 4.53. The molecule has 2 aromatic carbocycles. The summed E-state index contributed by atoms with van der Waals surface area (Å²) in [6.45, 7) is 1.90. The van der Waals surface area contributed by atoms with E-state index in [9.17, 15) is 4.79 Å². The van der Waals surface area contributed by atoms with Crippen LogP contribution in [0.1, 0.15) is 45.7 Å². The van der Waals surface area contributed by atoms with Gasteiger partial charge in [0, 0.05) is 16.3 Å². The summed E-state index contributed by atoms with van der Waals surface area (Å²) in [5.74, 6) is 0.373. The Labute approximate surface area is 144 Å². The molecule has 1 aliphatic carbocycles. The first-order chi connectivity index (χ1) is 11.5. The molecule has 1 fully saturated rings.